The number of aromatic amines is 1. The lowest BCUT2D eigenvalue weighted by atomic mass is 10.0. The first kappa shape index (κ1) is 18.2. The minimum Gasteiger partial charge on any atom is -0.481 e. The number of H-pyrrole nitrogens is 1. The number of rotatable bonds is 6. The van der Waals surface area contributed by atoms with E-state index in [2.05, 4.69) is 33.4 Å². The highest BCUT2D eigenvalue weighted by molar-refractivity contribution is 5.87. The second-order valence-corrected chi connectivity index (χ2v) is 7.16. The molecule has 0 amide bonds. The molecule has 2 aromatic heterocycles. The Morgan fingerprint density at radius 2 is 2.25 bits per heavy atom. The van der Waals surface area contributed by atoms with E-state index in [-0.39, 0.29) is 11.5 Å². The van der Waals surface area contributed by atoms with Crippen LogP contribution in [0.4, 0.5) is 17.2 Å². The molecule has 1 aliphatic rings. The molecule has 1 unspecified atom stereocenters. The summed E-state index contributed by atoms with van der Waals surface area (Å²) in [6, 6.07) is 9.30. The molecule has 0 spiro atoms. The van der Waals surface area contributed by atoms with Gasteiger partial charge in [-0.15, -0.1) is 0 Å². The number of nitro groups is 1. The first-order valence-electron chi connectivity index (χ1n) is 9.32. The molecule has 0 saturated carbocycles. The van der Waals surface area contributed by atoms with Crippen LogP contribution < -0.4 is 10.1 Å². The Hall–Kier alpha value is -3.13. The summed E-state index contributed by atoms with van der Waals surface area (Å²) >= 11 is 0. The van der Waals surface area contributed by atoms with Gasteiger partial charge in [0.2, 0.25) is 11.7 Å². The summed E-state index contributed by atoms with van der Waals surface area (Å²) in [6.45, 7) is 1.14. The predicted octanol–water partition coefficient (Wildman–Crippen LogP) is 3.86. The van der Waals surface area contributed by atoms with Crippen molar-refractivity contribution in [2.75, 3.05) is 26.0 Å². The fourth-order valence-electron chi connectivity index (χ4n) is 3.84. The van der Waals surface area contributed by atoms with E-state index in [0.717, 1.165) is 29.6 Å². The summed E-state index contributed by atoms with van der Waals surface area (Å²) in [4.78, 5) is 20.8. The number of ether oxygens (including phenoxy) is 1. The smallest absolute Gasteiger partial charge is 0.311 e. The lowest BCUT2D eigenvalue weighted by molar-refractivity contribution is -0.384. The number of nitrogens with zero attached hydrogens (tertiary/aromatic N) is 3. The quantitative estimate of drug-likeness (QED) is 0.497. The van der Waals surface area contributed by atoms with E-state index >= 15 is 0 Å². The molecule has 1 atom stereocenters. The van der Waals surface area contributed by atoms with Gasteiger partial charge in [0.25, 0.3) is 0 Å². The zero-order valence-electron chi connectivity index (χ0n) is 15.9. The first-order chi connectivity index (χ1) is 13.5. The van der Waals surface area contributed by atoms with Crippen molar-refractivity contribution in [2.24, 2.45) is 0 Å². The van der Waals surface area contributed by atoms with E-state index in [0.29, 0.717) is 11.9 Å². The Morgan fingerprint density at radius 1 is 1.39 bits per heavy atom. The molecule has 8 heteroatoms. The van der Waals surface area contributed by atoms with Gasteiger partial charge in [0, 0.05) is 41.0 Å². The van der Waals surface area contributed by atoms with Crippen LogP contribution in [0.25, 0.3) is 10.9 Å². The highest BCUT2D eigenvalue weighted by Gasteiger charge is 2.22. The molecule has 1 fully saturated rings. The molecule has 3 heterocycles. The molecule has 3 aromatic rings. The minimum atomic E-state index is -0.453. The lowest BCUT2D eigenvalue weighted by Crippen LogP contribution is -2.26. The number of benzene rings is 1. The number of pyridine rings is 1. The van der Waals surface area contributed by atoms with Crippen LogP contribution in [0, 0.1) is 10.1 Å². The summed E-state index contributed by atoms with van der Waals surface area (Å²) in [5.41, 5.74) is 2.96. The molecule has 8 nitrogen and oxygen atoms in total. The monoisotopic (exact) mass is 381 g/mol. The molecule has 0 bridgehead atoms. The summed E-state index contributed by atoms with van der Waals surface area (Å²) < 4.78 is 5.11. The maximum atomic E-state index is 11.3. The number of likely N-dealkylation sites (N-methyl/N-ethyl adjacent to an activating group) is 1. The van der Waals surface area contributed by atoms with Gasteiger partial charge in [0.05, 0.1) is 12.0 Å². The maximum absolute atomic E-state index is 11.3. The number of nitrogens with one attached hydrogen (secondary N) is 2. The SMILES string of the molecule is COc1ccc([N+](=O)[O-])c(Nc2ccc3[nH]cc(CC4CCCN4C)c3c2)n1. The Labute approximate surface area is 162 Å². The number of hydrogen-bond acceptors (Lipinski definition) is 6. The Bertz CT molecular complexity index is 1020. The third-order valence-electron chi connectivity index (χ3n) is 5.41. The minimum absolute atomic E-state index is 0.0947. The fraction of sp³-hybridized carbons (Fsp3) is 0.350. The van der Waals surface area contributed by atoms with Gasteiger partial charge in [-0.05, 0) is 56.6 Å². The van der Waals surface area contributed by atoms with Gasteiger partial charge >= 0.3 is 5.69 Å². The average Bonchev–Trinajstić information content (AvgIpc) is 3.28. The van der Waals surface area contributed by atoms with E-state index < -0.39 is 4.92 Å². The number of methoxy groups -OCH3 is 1. The zero-order valence-corrected chi connectivity index (χ0v) is 15.9. The van der Waals surface area contributed by atoms with Crippen molar-refractivity contribution in [3.63, 3.8) is 0 Å². The van der Waals surface area contributed by atoms with Crippen molar-refractivity contribution >= 4 is 28.1 Å². The summed E-state index contributed by atoms with van der Waals surface area (Å²) in [6.07, 6.45) is 5.49. The highest BCUT2D eigenvalue weighted by Crippen LogP contribution is 2.31. The van der Waals surface area contributed by atoms with Crippen LogP contribution in [0.15, 0.2) is 36.5 Å². The third-order valence-corrected chi connectivity index (χ3v) is 5.41. The number of likely N-dealkylation sites (tertiary alicyclic amines) is 1. The number of anilines is 2. The molecule has 0 radical (unpaired) electrons. The number of aromatic nitrogens is 2. The largest absolute Gasteiger partial charge is 0.481 e. The van der Waals surface area contributed by atoms with Crippen molar-refractivity contribution in [3.05, 3.63) is 52.2 Å². The van der Waals surface area contributed by atoms with Gasteiger partial charge in [-0.1, -0.05) is 0 Å². The summed E-state index contributed by atoms with van der Waals surface area (Å²) in [7, 11) is 3.66. The second kappa shape index (κ2) is 7.47. The standard InChI is InChI=1S/C20H23N5O3/c1-24-9-3-4-15(24)10-13-12-21-17-6-5-14(11-16(13)17)22-20-18(25(26)27)7-8-19(23-20)28-2/h5-8,11-12,15,21H,3-4,9-10H2,1-2H3,(H,22,23). The Morgan fingerprint density at radius 3 is 2.96 bits per heavy atom. The van der Waals surface area contributed by atoms with Crippen molar-refractivity contribution in [1.82, 2.24) is 14.9 Å². The Balaban J connectivity index is 1.65. The first-order valence-corrected chi connectivity index (χ1v) is 9.32. The number of hydrogen-bond donors (Lipinski definition) is 2. The predicted molar refractivity (Wildman–Crippen MR) is 108 cm³/mol. The lowest BCUT2D eigenvalue weighted by Gasteiger charge is -2.18. The molecule has 4 rings (SSSR count). The molecule has 28 heavy (non-hydrogen) atoms. The van der Waals surface area contributed by atoms with Crippen LogP contribution in [-0.2, 0) is 6.42 Å². The van der Waals surface area contributed by atoms with Crippen molar-refractivity contribution in [2.45, 2.75) is 25.3 Å². The molecule has 1 saturated heterocycles. The maximum Gasteiger partial charge on any atom is 0.311 e. The van der Waals surface area contributed by atoms with Crippen molar-refractivity contribution in [3.8, 4) is 5.88 Å². The van der Waals surface area contributed by atoms with Crippen LogP contribution in [0.2, 0.25) is 0 Å². The van der Waals surface area contributed by atoms with Crippen LogP contribution in [-0.4, -0.2) is 46.5 Å². The van der Waals surface area contributed by atoms with E-state index in [4.69, 9.17) is 4.74 Å². The van der Waals surface area contributed by atoms with Crippen molar-refractivity contribution < 1.29 is 9.66 Å². The molecular weight excluding hydrogens is 358 g/mol. The molecule has 1 aromatic carbocycles. The van der Waals surface area contributed by atoms with E-state index in [1.807, 2.05) is 18.2 Å². The van der Waals surface area contributed by atoms with E-state index in [1.54, 1.807) is 0 Å². The van der Waals surface area contributed by atoms with Crippen LogP contribution in [0.1, 0.15) is 18.4 Å². The van der Waals surface area contributed by atoms with Gasteiger partial charge < -0.3 is 19.9 Å². The third kappa shape index (κ3) is 3.50. The van der Waals surface area contributed by atoms with Crippen LogP contribution in [0.3, 0.4) is 0 Å². The van der Waals surface area contributed by atoms with Gasteiger partial charge in [-0.3, -0.25) is 10.1 Å². The highest BCUT2D eigenvalue weighted by atomic mass is 16.6. The van der Waals surface area contributed by atoms with Gasteiger partial charge in [-0.2, -0.15) is 4.98 Å². The molecule has 2 N–H and O–H groups in total. The summed E-state index contributed by atoms with van der Waals surface area (Å²) in [5, 5.41) is 15.5. The van der Waals surface area contributed by atoms with Gasteiger partial charge in [0.15, 0.2) is 0 Å². The second-order valence-electron chi connectivity index (χ2n) is 7.16. The van der Waals surface area contributed by atoms with Crippen LogP contribution in [0.5, 0.6) is 5.88 Å². The molecule has 0 aliphatic carbocycles. The van der Waals surface area contributed by atoms with Crippen molar-refractivity contribution in [1.29, 1.82) is 0 Å². The number of fused-ring (bicyclic) bond motifs is 1. The Kier molecular flexibility index (Phi) is 4.87. The zero-order chi connectivity index (χ0) is 19.7. The van der Waals surface area contributed by atoms with E-state index in [9.17, 15) is 10.1 Å². The van der Waals surface area contributed by atoms with Crippen LogP contribution >= 0.6 is 0 Å². The van der Waals surface area contributed by atoms with Gasteiger partial charge in [-0.25, -0.2) is 0 Å². The molecule has 146 valence electrons. The average molecular weight is 381 g/mol. The molecular formula is C20H23N5O3. The van der Waals surface area contributed by atoms with Gasteiger partial charge in [0.1, 0.15) is 0 Å². The van der Waals surface area contributed by atoms with E-state index in [1.165, 1.54) is 37.6 Å². The summed E-state index contributed by atoms with van der Waals surface area (Å²) in [5.74, 6) is 0.483. The fourth-order valence-corrected chi connectivity index (χ4v) is 3.84. The molecule has 1 aliphatic heterocycles. The normalized spacial score (nSPS) is 17.1. The topological polar surface area (TPSA) is 96.3 Å².